The van der Waals surface area contributed by atoms with Crippen molar-refractivity contribution in [2.24, 2.45) is 5.73 Å². The topological polar surface area (TPSA) is 78.1 Å². The van der Waals surface area contributed by atoms with E-state index in [0.29, 0.717) is 0 Å². The lowest BCUT2D eigenvalue weighted by Gasteiger charge is -1.95. The number of rotatable bonds is 2. The van der Waals surface area contributed by atoms with Gasteiger partial charge >= 0.3 is 0 Å². The molecule has 0 amide bonds. The second kappa shape index (κ2) is 3.61. The Balaban J connectivity index is 3.04. The minimum Gasteiger partial charge on any atom is -0.404 e. The number of nitrogen functional groups attached to an aromatic ring is 1. The molecule has 0 aliphatic heterocycles. The zero-order valence-electron chi connectivity index (χ0n) is 6.82. The van der Waals surface area contributed by atoms with Crippen molar-refractivity contribution in [3.05, 3.63) is 30.1 Å². The van der Waals surface area contributed by atoms with Crippen LogP contribution in [0.5, 0.6) is 0 Å². The van der Waals surface area contributed by atoms with Crippen molar-refractivity contribution >= 4 is 11.5 Å². The first-order valence-corrected chi connectivity index (χ1v) is 3.54. The fourth-order valence-corrected chi connectivity index (χ4v) is 0.880. The Morgan fingerprint density at radius 1 is 1.67 bits per heavy atom. The second-order valence-electron chi connectivity index (χ2n) is 2.23. The maximum absolute atomic E-state index is 5.49. The van der Waals surface area contributed by atoms with E-state index in [0.717, 1.165) is 11.1 Å². The molecule has 0 spiro atoms. The van der Waals surface area contributed by atoms with Gasteiger partial charge in [0.25, 0.3) is 0 Å². The maximum Gasteiger partial charge on any atom is 0.230 e. The third kappa shape index (κ3) is 1.47. The molecule has 0 aliphatic rings. The van der Waals surface area contributed by atoms with E-state index in [1.807, 2.05) is 19.1 Å². The van der Waals surface area contributed by atoms with Crippen LogP contribution in [-0.2, 0) is 0 Å². The van der Waals surface area contributed by atoms with E-state index in [9.17, 15) is 0 Å². The number of hydrogen-bond acceptors (Lipinski definition) is 4. The van der Waals surface area contributed by atoms with Crippen LogP contribution in [0.4, 0.5) is 5.88 Å². The van der Waals surface area contributed by atoms with Crippen LogP contribution in [0.25, 0.3) is 5.57 Å². The molecule has 64 valence electrons. The van der Waals surface area contributed by atoms with Crippen molar-refractivity contribution in [2.75, 3.05) is 5.73 Å². The van der Waals surface area contributed by atoms with Gasteiger partial charge in [-0.2, -0.15) is 0 Å². The Bertz CT molecular complexity index is 312. The highest BCUT2D eigenvalue weighted by Gasteiger charge is 2.05. The zero-order valence-corrected chi connectivity index (χ0v) is 6.82. The molecule has 0 aliphatic carbocycles. The number of nitrogens with two attached hydrogens (primary N) is 2. The van der Waals surface area contributed by atoms with E-state index in [1.165, 1.54) is 12.4 Å². The third-order valence-electron chi connectivity index (χ3n) is 1.44. The van der Waals surface area contributed by atoms with Crippen molar-refractivity contribution in [2.45, 2.75) is 6.92 Å². The highest BCUT2D eigenvalue weighted by atomic mass is 16.5. The number of anilines is 1. The third-order valence-corrected chi connectivity index (χ3v) is 1.44. The van der Waals surface area contributed by atoms with Gasteiger partial charge in [-0.05, 0) is 6.92 Å². The predicted octanol–water partition coefficient (Wildman–Crippen LogP) is 1.13. The van der Waals surface area contributed by atoms with Crippen LogP contribution in [-0.4, -0.2) is 5.16 Å². The number of allylic oxidation sites excluding steroid dienone is 3. The first-order chi connectivity index (χ1) is 5.79. The molecule has 4 nitrogen and oxygen atoms in total. The molecule has 1 rings (SSSR count). The zero-order chi connectivity index (χ0) is 8.97. The summed E-state index contributed by atoms with van der Waals surface area (Å²) in [6, 6.07) is 0. The molecule has 12 heavy (non-hydrogen) atoms. The predicted molar refractivity (Wildman–Crippen MR) is 47.9 cm³/mol. The molecular formula is C8H11N3O. The van der Waals surface area contributed by atoms with Crippen LogP contribution in [0.1, 0.15) is 12.5 Å². The molecule has 0 atom stereocenters. The molecule has 0 unspecified atom stereocenters. The fourth-order valence-electron chi connectivity index (χ4n) is 0.880. The van der Waals surface area contributed by atoms with Crippen molar-refractivity contribution in [1.82, 2.24) is 5.16 Å². The van der Waals surface area contributed by atoms with Crippen LogP contribution in [0, 0.1) is 0 Å². The Labute approximate surface area is 70.5 Å². The Morgan fingerprint density at radius 2 is 2.42 bits per heavy atom. The summed E-state index contributed by atoms with van der Waals surface area (Å²) < 4.78 is 4.69. The largest absolute Gasteiger partial charge is 0.404 e. The summed E-state index contributed by atoms with van der Waals surface area (Å²) in [5, 5.41) is 3.54. The average Bonchev–Trinajstić information content (AvgIpc) is 2.47. The Kier molecular flexibility index (Phi) is 2.53. The van der Waals surface area contributed by atoms with Crippen LogP contribution in [0.3, 0.4) is 0 Å². The van der Waals surface area contributed by atoms with Crippen LogP contribution >= 0.6 is 0 Å². The van der Waals surface area contributed by atoms with Crippen molar-refractivity contribution in [1.29, 1.82) is 0 Å². The van der Waals surface area contributed by atoms with Gasteiger partial charge in [0.1, 0.15) is 0 Å². The Morgan fingerprint density at radius 3 is 2.83 bits per heavy atom. The molecule has 0 aromatic carbocycles. The Hall–Kier alpha value is -1.71. The highest BCUT2D eigenvalue weighted by molar-refractivity contribution is 5.78. The van der Waals surface area contributed by atoms with Gasteiger partial charge in [0, 0.05) is 11.8 Å². The molecule has 1 aromatic heterocycles. The number of nitrogens with zero attached hydrogens (tertiary/aromatic N) is 1. The first kappa shape index (κ1) is 8.39. The molecule has 0 bridgehead atoms. The van der Waals surface area contributed by atoms with E-state index in [4.69, 9.17) is 16.0 Å². The van der Waals surface area contributed by atoms with Crippen LogP contribution < -0.4 is 11.5 Å². The van der Waals surface area contributed by atoms with Gasteiger partial charge in [0.2, 0.25) is 5.88 Å². The van der Waals surface area contributed by atoms with Crippen LogP contribution in [0.2, 0.25) is 0 Å². The van der Waals surface area contributed by atoms with Gasteiger partial charge in [-0.25, -0.2) is 0 Å². The first-order valence-electron chi connectivity index (χ1n) is 3.54. The fraction of sp³-hybridized carbons (Fsp3) is 0.125. The highest BCUT2D eigenvalue weighted by Crippen LogP contribution is 2.20. The van der Waals surface area contributed by atoms with Crippen molar-refractivity contribution in [3.8, 4) is 0 Å². The summed E-state index contributed by atoms with van der Waals surface area (Å²) in [6.45, 7) is 1.90. The number of aromatic nitrogens is 1. The SMILES string of the molecule is C/C=C\C(=C/N)c1cnoc1N. The standard InChI is InChI=1S/C8H11N3O/c1-2-3-6(4-9)7-5-11-12-8(7)10/h2-5H,9-10H2,1H3/b3-2-,6-4+. The monoisotopic (exact) mass is 165 g/mol. The maximum atomic E-state index is 5.49. The van der Waals surface area contributed by atoms with E-state index in [-0.39, 0.29) is 5.88 Å². The van der Waals surface area contributed by atoms with E-state index >= 15 is 0 Å². The molecule has 0 radical (unpaired) electrons. The second-order valence-corrected chi connectivity index (χ2v) is 2.23. The summed E-state index contributed by atoms with van der Waals surface area (Å²) in [6.07, 6.45) is 6.70. The molecule has 4 heteroatoms. The van der Waals surface area contributed by atoms with E-state index < -0.39 is 0 Å². The molecule has 0 saturated carbocycles. The summed E-state index contributed by atoms with van der Waals surface area (Å²) in [5.41, 5.74) is 12.4. The van der Waals surface area contributed by atoms with E-state index in [1.54, 1.807) is 0 Å². The molecular weight excluding hydrogens is 154 g/mol. The minimum absolute atomic E-state index is 0.282. The van der Waals surface area contributed by atoms with Crippen molar-refractivity contribution in [3.63, 3.8) is 0 Å². The lowest BCUT2D eigenvalue weighted by Crippen LogP contribution is -1.90. The van der Waals surface area contributed by atoms with Gasteiger partial charge in [-0.1, -0.05) is 17.3 Å². The normalized spacial score (nSPS) is 12.6. The average molecular weight is 165 g/mol. The van der Waals surface area contributed by atoms with E-state index in [2.05, 4.69) is 5.16 Å². The van der Waals surface area contributed by atoms with Gasteiger partial charge in [0.05, 0.1) is 11.8 Å². The van der Waals surface area contributed by atoms with Gasteiger partial charge in [-0.3, -0.25) is 0 Å². The number of hydrogen-bond donors (Lipinski definition) is 2. The summed E-state index contributed by atoms with van der Waals surface area (Å²) in [5.74, 6) is 0.282. The molecule has 0 saturated heterocycles. The van der Waals surface area contributed by atoms with Gasteiger partial charge in [0.15, 0.2) is 0 Å². The van der Waals surface area contributed by atoms with Crippen LogP contribution in [0.15, 0.2) is 29.1 Å². The smallest absolute Gasteiger partial charge is 0.230 e. The lowest BCUT2D eigenvalue weighted by atomic mass is 10.1. The molecule has 1 aromatic rings. The van der Waals surface area contributed by atoms with Crippen molar-refractivity contribution < 1.29 is 4.52 Å². The minimum atomic E-state index is 0.282. The summed E-state index contributed by atoms with van der Waals surface area (Å²) in [7, 11) is 0. The van der Waals surface area contributed by atoms with Gasteiger partial charge < -0.3 is 16.0 Å². The van der Waals surface area contributed by atoms with Gasteiger partial charge in [-0.15, -0.1) is 0 Å². The summed E-state index contributed by atoms with van der Waals surface area (Å²) in [4.78, 5) is 0. The quantitative estimate of drug-likeness (QED) is 0.644. The summed E-state index contributed by atoms with van der Waals surface area (Å²) >= 11 is 0. The molecule has 0 fully saturated rings. The molecule has 4 N–H and O–H groups in total. The lowest BCUT2D eigenvalue weighted by molar-refractivity contribution is 0.436. The molecule has 1 heterocycles.